The Kier molecular flexibility index (Phi) is 5.44. The second-order valence-electron chi connectivity index (χ2n) is 12.5. The van der Waals surface area contributed by atoms with Crippen LogP contribution in [0.1, 0.15) is 9.94 Å². The highest BCUT2D eigenvalue weighted by atomic mass is 16.3. The minimum atomic E-state index is -2.40. The second-order valence-corrected chi connectivity index (χ2v) is 12.5. The third-order valence-electron chi connectivity index (χ3n) is 9.76. The number of furan rings is 1. The standard InChI is InChI=1S/C46H30N2O/c1-29-47-40-21-8-9-22-41(40)48(29)33-16-11-15-32(27-33)44-34-17-5-6-18-35(34)45(39-28-31(25-26-36(39)44)30-13-3-2-4-14-30)38-20-12-24-43-46(38)37-19-7-10-23-42(37)49-43/h2-28H,1H3/i1D3. The maximum atomic E-state index is 8.36. The Balaban J connectivity index is 1.32. The molecule has 10 aromatic rings. The summed E-state index contributed by atoms with van der Waals surface area (Å²) in [4.78, 5) is 4.58. The topological polar surface area (TPSA) is 31.0 Å². The first-order valence-electron chi connectivity index (χ1n) is 18.0. The van der Waals surface area contributed by atoms with Crippen molar-refractivity contribution in [2.24, 2.45) is 0 Å². The Hall–Kier alpha value is -6.45. The molecular formula is C46H30N2O. The molecule has 3 nitrogen and oxygen atoms in total. The molecule has 0 aliphatic rings. The van der Waals surface area contributed by atoms with Gasteiger partial charge in [0.1, 0.15) is 17.0 Å². The molecule has 3 heteroatoms. The van der Waals surface area contributed by atoms with E-state index in [1.807, 2.05) is 60.7 Å². The normalized spacial score (nSPS) is 12.9. The monoisotopic (exact) mass is 629 g/mol. The lowest BCUT2D eigenvalue weighted by molar-refractivity contribution is 0.669. The van der Waals surface area contributed by atoms with E-state index in [2.05, 4.69) is 108 Å². The first-order valence-corrected chi connectivity index (χ1v) is 16.5. The molecule has 230 valence electrons. The van der Waals surface area contributed by atoms with E-state index in [1.165, 1.54) is 0 Å². The van der Waals surface area contributed by atoms with Gasteiger partial charge in [0.2, 0.25) is 0 Å². The summed E-state index contributed by atoms with van der Waals surface area (Å²) < 4.78 is 33.3. The largest absolute Gasteiger partial charge is 0.456 e. The number of para-hydroxylation sites is 3. The van der Waals surface area contributed by atoms with Crippen molar-refractivity contribution < 1.29 is 8.53 Å². The fourth-order valence-electron chi connectivity index (χ4n) is 7.66. The number of hydrogen-bond donors (Lipinski definition) is 0. The quantitative estimate of drug-likeness (QED) is 0.181. The van der Waals surface area contributed by atoms with Gasteiger partial charge in [0.05, 0.1) is 11.0 Å². The molecule has 0 amide bonds. The molecule has 0 N–H and O–H groups in total. The van der Waals surface area contributed by atoms with E-state index in [1.54, 1.807) is 4.57 Å². The first kappa shape index (κ1) is 24.7. The second kappa shape index (κ2) is 10.8. The van der Waals surface area contributed by atoms with Gasteiger partial charge in [-0.2, -0.15) is 0 Å². The van der Waals surface area contributed by atoms with Crippen molar-refractivity contribution in [2.45, 2.75) is 6.85 Å². The van der Waals surface area contributed by atoms with Crippen molar-refractivity contribution in [2.75, 3.05) is 0 Å². The molecule has 0 aliphatic carbocycles. The molecule has 8 aromatic carbocycles. The summed E-state index contributed by atoms with van der Waals surface area (Å²) in [7, 11) is 0. The fraction of sp³-hybridized carbons (Fsp3) is 0.0217. The Morgan fingerprint density at radius 3 is 2.08 bits per heavy atom. The van der Waals surface area contributed by atoms with Gasteiger partial charge in [-0.3, -0.25) is 4.57 Å². The summed E-state index contributed by atoms with van der Waals surface area (Å²) in [6.07, 6.45) is 0. The van der Waals surface area contributed by atoms with Gasteiger partial charge in [-0.15, -0.1) is 0 Å². The first-order chi connectivity index (χ1) is 25.4. The number of fused-ring (bicyclic) bond motifs is 6. The van der Waals surface area contributed by atoms with Crippen LogP contribution in [-0.4, -0.2) is 9.55 Å². The lowest BCUT2D eigenvalue weighted by Gasteiger charge is -2.20. The maximum absolute atomic E-state index is 8.36. The average Bonchev–Trinajstić information content (AvgIpc) is 3.77. The molecule has 0 aliphatic heterocycles. The van der Waals surface area contributed by atoms with Crippen LogP contribution in [0, 0.1) is 6.85 Å². The molecule has 0 saturated carbocycles. The van der Waals surface area contributed by atoms with E-state index >= 15 is 0 Å². The van der Waals surface area contributed by atoms with E-state index in [0.29, 0.717) is 5.52 Å². The molecule has 2 heterocycles. The van der Waals surface area contributed by atoms with Crippen molar-refractivity contribution in [1.82, 2.24) is 9.55 Å². The van der Waals surface area contributed by atoms with Crippen molar-refractivity contribution in [1.29, 1.82) is 0 Å². The zero-order chi connectivity index (χ0) is 35.0. The third kappa shape index (κ3) is 4.26. The predicted molar refractivity (Wildman–Crippen MR) is 204 cm³/mol. The van der Waals surface area contributed by atoms with E-state index in [9.17, 15) is 0 Å². The molecule has 0 atom stereocenters. The SMILES string of the molecule is [2H]C([2H])([2H])c1nc2ccccc2n1-c1cccc(-c2c3ccccc3c(-c3cccc4oc5ccccc5c34)c3cc(-c4ccccc4)ccc23)c1. The van der Waals surface area contributed by atoms with Crippen LogP contribution in [0.25, 0.3) is 93.6 Å². The van der Waals surface area contributed by atoms with Crippen molar-refractivity contribution in [3.05, 3.63) is 170 Å². The van der Waals surface area contributed by atoms with Gasteiger partial charge in [0, 0.05) is 20.6 Å². The van der Waals surface area contributed by atoms with E-state index in [4.69, 9.17) is 8.53 Å². The van der Waals surface area contributed by atoms with Gasteiger partial charge >= 0.3 is 0 Å². The van der Waals surface area contributed by atoms with Gasteiger partial charge in [-0.1, -0.05) is 121 Å². The summed E-state index contributed by atoms with van der Waals surface area (Å²) in [5.74, 6) is 0.0452. The number of nitrogens with zero attached hydrogens (tertiary/aromatic N) is 2. The highest BCUT2D eigenvalue weighted by molar-refractivity contribution is 6.26. The van der Waals surface area contributed by atoms with Crippen LogP contribution in [0.4, 0.5) is 0 Å². The smallest absolute Gasteiger partial charge is 0.136 e. The summed E-state index contributed by atoms with van der Waals surface area (Å²) in [5.41, 5.74) is 10.5. The summed E-state index contributed by atoms with van der Waals surface area (Å²) in [5, 5.41) is 6.62. The Morgan fingerprint density at radius 1 is 0.510 bits per heavy atom. The molecule has 2 aromatic heterocycles. The third-order valence-corrected chi connectivity index (χ3v) is 9.76. The van der Waals surface area contributed by atoms with Gasteiger partial charge in [-0.25, -0.2) is 4.98 Å². The molecule has 0 spiro atoms. The Morgan fingerprint density at radius 2 is 1.20 bits per heavy atom. The minimum Gasteiger partial charge on any atom is -0.456 e. The van der Waals surface area contributed by atoms with Crippen LogP contribution >= 0.6 is 0 Å². The van der Waals surface area contributed by atoms with E-state index in [-0.39, 0.29) is 5.82 Å². The number of aromatic nitrogens is 2. The van der Waals surface area contributed by atoms with Crippen LogP contribution < -0.4 is 0 Å². The molecule has 49 heavy (non-hydrogen) atoms. The highest BCUT2D eigenvalue weighted by Gasteiger charge is 2.21. The molecule has 0 unspecified atom stereocenters. The fourth-order valence-corrected chi connectivity index (χ4v) is 7.66. The average molecular weight is 630 g/mol. The van der Waals surface area contributed by atoms with Crippen LogP contribution in [0.3, 0.4) is 0 Å². The van der Waals surface area contributed by atoms with Crippen LogP contribution in [-0.2, 0) is 0 Å². The summed E-state index contributed by atoms with van der Waals surface area (Å²) in [6.45, 7) is -2.40. The van der Waals surface area contributed by atoms with Crippen molar-refractivity contribution in [3.8, 4) is 39.1 Å². The van der Waals surface area contributed by atoms with Crippen LogP contribution in [0.5, 0.6) is 0 Å². The molecular weight excluding hydrogens is 597 g/mol. The molecule has 0 saturated heterocycles. The Bertz CT molecular complexity index is 3010. The van der Waals surface area contributed by atoms with Crippen molar-refractivity contribution >= 4 is 54.5 Å². The van der Waals surface area contributed by atoms with Crippen molar-refractivity contribution in [3.63, 3.8) is 0 Å². The zero-order valence-electron chi connectivity index (χ0n) is 29.4. The van der Waals surface area contributed by atoms with Gasteiger partial charge < -0.3 is 4.42 Å². The Labute approximate surface area is 287 Å². The summed E-state index contributed by atoms with van der Waals surface area (Å²) >= 11 is 0. The van der Waals surface area contributed by atoms with Crippen LogP contribution in [0.15, 0.2) is 168 Å². The molecule has 0 radical (unpaired) electrons. The lowest BCUT2D eigenvalue weighted by Crippen LogP contribution is -1.98. The predicted octanol–water partition coefficient (Wildman–Crippen LogP) is 12.5. The molecule has 10 rings (SSSR count). The van der Waals surface area contributed by atoms with Crippen LogP contribution in [0.2, 0.25) is 0 Å². The summed E-state index contributed by atoms with van der Waals surface area (Å²) in [6, 6.07) is 56.2. The number of aryl methyl sites for hydroxylation is 1. The maximum Gasteiger partial charge on any atom is 0.136 e. The number of hydrogen-bond acceptors (Lipinski definition) is 2. The number of rotatable bonds is 4. The van der Waals surface area contributed by atoms with Gasteiger partial charge in [0.15, 0.2) is 0 Å². The van der Waals surface area contributed by atoms with E-state index in [0.717, 1.165) is 88.1 Å². The lowest BCUT2D eigenvalue weighted by atomic mass is 9.84. The molecule has 0 bridgehead atoms. The number of imidazole rings is 1. The highest BCUT2D eigenvalue weighted by Crippen LogP contribution is 2.48. The molecule has 0 fully saturated rings. The zero-order valence-corrected chi connectivity index (χ0v) is 26.4. The van der Waals surface area contributed by atoms with Gasteiger partial charge in [0.25, 0.3) is 0 Å². The number of benzene rings is 8. The van der Waals surface area contributed by atoms with E-state index < -0.39 is 6.85 Å². The minimum absolute atomic E-state index is 0.0452. The van der Waals surface area contributed by atoms with Gasteiger partial charge in [-0.05, 0) is 104 Å².